The molecule has 0 saturated carbocycles. The summed E-state index contributed by atoms with van der Waals surface area (Å²) in [5.41, 5.74) is 0.693. The first-order valence-corrected chi connectivity index (χ1v) is 17.0. The highest BCUT2D eigenvalue weighted by atomic mass is 16.8. The molecule has 2 saturated heterocycles. The average molecular weight is 690 g/mol. The predicted octanol–water partition coefficient (Wildman–Crippen LogP) is 7.35. The first kappa shape index (κ1) is 35.5. The molecule has 0 spiro atoms. The SMILES string of the molecule is CC(C)Cc1cnc2cc(OC[C@H]3O[C@@H](n4ccc5c(N(C(=O)OC(C)(C)C)C(=O)OC(C)(C)C)ncnc54)[C@@H]4OC(C)(C)O[C@@H]43)ccc2c1. The van der Waals surface area contributed by atoms with Crippen LogP contribution in [0.15, 0.2) is 49.1 Å². The minimum atomic E-state index is -0.928. The first-order chi connectivity index (χ1) is 23.4. The third-order valence-electron chi connectivity index (χ3n) is 8.02. The Bertz CT molecular complexity index is 1860. The Morgan fingerprint density at radius 3 is 2.28 bits per heavy atom. The zero-order chi connectivity index (χ0) is 36.2. The average Bonchev–Trinajstić information content (AvgIpc) is 3.65. The van der Waals surface area contributed by atoms with Crippen molar-refractivity contribution in [3.05, 3.63) is 54.6 Å². The third kappa shape index (κ3) is 7.69. The monoisotopic (exact) mass is 689 g/mol. The van der Waals surface area contributed by atoms with Gasteiger partial charge in [-0.15, -0.1) is 0 Å². The number of carbonyl (C=O) groups excluding carboxylic acids is 2. The van der Waals surface area contributed by atoms with E-state index in [2.05, 4.69) is 34.9 Å². The number of ether oxygens (including phenoxy) is 6. The number of fused-ring (bicyclic) bond motifs is 3. The van der Waals surface area contributed by atoms with E-state index in [1.807, 2.05) is 38.2 Å². The quantitative estimate of drug-likeness (QED) is 0.193. The van der Waals surface area contributed by atoms with Gasteiger partial charge in [-0.25, -0.2) is 19.6 Å². The number of aromatic nitrogens is 4. The molecule has 0 aliphatic carbocycles. The van der Waals surface area contributed by atoms with Crippen LogP contribution in [-0.2, 0) is 30.1 Å². The Labute approximate surface area is 292 Å². The maximum absolute atomic E-state index is 13.4. The molecule has 2 aliphatic rings. The summed E-state index contributed by atoms with van der Waals surface area (Å²) in [5, 5.41) is 1.46. The highest BCUT2D eigenvalue weighted by Gasteiger charge is 2.56. The molecule has 0 N–H and O–H groups in total. The fourth-order valence-electron chi connectivity index (χ4n) is 6.22. The van der Waals surface area contributed by atoms with Gasteiger partial charge in [-0.3, -0.25) is 4.98 Å². The number of amides is 2. The number of imide groups is 1. The predicted molar refractivity (Wildman–Crippen MR) is 186 cm³/mol. The van der Waals surface area contributed by atoms with Crippen molar-refractivity contribution in [2.24, 2.45) is 5.92 Å². The molecule has 2 amide bonds. The molecule has 1 aromatic carbocycles. The van der Waals surface area contributed by atoms with Crippen LogP contribution < -0.4 is 9.64 Å². The van der Waals surface area contributed by atoms with Crippen LogP contribution in [0.1, 0.15) is 81.0 Å². The Balaban J connectivity index is 1.27. The van der Waals surface area contributed by atoms with Crippen LogP contribution in [0, 0.1) is 5.92 Å². The summed E-state index contributed by atoms with van der Waals surface area (Å²) in [6.45, 7) is 18.6. The maximum Gasteiger partial charge on any atom is 0.425 e. The summed E-state index contributed by atoms with van der Waals surface area (Å²) in [7, 11) is 0. The second-order valence-electron chi connectivity index (χ2n) is 15.7. The van der Waals surface area contributed by atoms with Crippen molar-refractivity contribution in [3.8, 4) is 5.75 Å². The van der Waals surface area contributed by atoms with Gasteiger partial charge >= 0.3 is 12.2 Å². The van der Waals surface area contributed by atoms with Crippen molar-refractivity contribution in [2.75, 3.05) is 11.5 Å². The number of rotatable bonds is 7. The van der Waals surface area contributed by atoms with Gasteiger partial charge in [0.05, 0.1) is 10.9 Å². The van der Waals surface area contributed by atoms with Crippen molar-refractivity contribution in [1.82, 2.24) is 19.5 Å². The first-order valence-electron chi connectivity index (χ1n) is 17.0. The molecule has 13 heteroatoms. The molecule has 13 nitrogen and oxygen atoms in total. The number of nitrogens with zero attached hydrogens (tertiary/aromatic N) is 5. The minimum Gasteiger partial charge on any atom is -0.491 e. The highest BCUT2D eigenvalue weighted by molar-refractivity contribution is 6.13. The lowest BCUT2D eigenvalue weighted by molar-refractivity contribution is -0.198. The Morgan fingerprint density at radius 2 is 1.62 bits per heavy atom. The van der Waals surface area contributed by atoms with E-state index in [0.29, 0.717) is 22.7 Å². The molecule has 2 aliphatic heterocycles. The fourth-order valence-corrected chi connectivity index (χ4v) is 6.22. The van der Waals surface area contributed by atoms with Gasteiger partial charge in [-0.1, -0.05) is 13.8 Å². The largest absolute Gasteiger partial charge is 0.491 e. The van der Waals surface area contributed by atoms with E-state index >= 15 is 0 Å². The number of benzene rings is 1. The zero-order valence-corrected chi connectivity index (χ0v) is 30.4. The Kier molecular flexibility index (Phi) is 9.29. The van der Waals surface area contributed by atoms with Gasteiger partial charge in [0, 0.05) is 23.8 Å². The van der Waals surface area contributed by atoms with Crippen LogP contribution in [0.4, 0.5) is 15.4 Å². The van der Waals surface area contributed by atoms with Crippen molar-refractivity contribution >= 4 is 39.9 Å². The highest BCUT2D eigenvalue weighted by Crippen LogP contribution is 2.44. The van der Waals surface area contributed by atoms with Gasteiger partial charge in [-0.2, -0.15) is 4.90 Å². The molecular formula is C37H47N5O8. The molecule has 0 radical (unpaired) electrons. The molecule has 0 bridgehead atoms. The summed E-state index contributed by atoms with van der Waals surface area (Å²) in [6, 6.07) is 9.76. The summed E-state index contributed by atoms with van der Waals surface area (Å²) in [5.74, 6) is 0.350. The fraction of sp³-hybridized carbons (Fsp3) is 0.541. The molecule has 0 unspecified atom stereocenters. The Hall–Kier alpha value is -4.33. The number of pyridine rings is 1. The van der Waals surface area contributed by atoms with Gasteiger partial charge in [0.15, 0.2) is 17.8 Å². The van der Waals surface area contributed by atoms with E-state index in [0.717, 1.165) is 22.2 Å². The van der Waals surface area contributed by atoms with E-state index in [1.54, 1.807) is 58.4 Å². The molecule has 5 heterocycles. The summed E-state index contributed by atoms with van der Waals surface area (Å²) >= 11 is 0. The summed E-state index contributed by atoms with van der Waals surface area (Å²) in [6.07, 6.45) is 1.93. The standard InChI is InChI=1S/C37H47N5O8/c1-21(2)15-22-16-23-11-12-24(17-26(23)38-18-22)45-19-27-28-29(48-37(9,10)47-28)32(46-27)41-14-13-25-30(41)39-20-40-31(25)42(33(43)49-35(3,4)5)34(44)50-36(6,7)8/h11-14,16-18,20-21,27-29,32H,15,19H2,1-10H3/t27-,28-,29-,32-/m1/s1. The smallest absolute Gasteiger partial charge is 0.425 e. The minimum absolute atomic E-state index is 0.0110. The van der Waals surface area contributed by atoms with Gasteiger partial charge in [-0.05, 0) is 97.6 Å². The normalized spacial score (nSPS) is 21.8. The van der Waals surface area contributed by atoms with E-state index in [-0.39, 0.29) is 12.4 Å². The van der Waals surface area contributed by atoms with Crippen molar-refractivity contribution in [2.45, 2.75) is 117 Å². The summed E-state index contributed by atoms with van der Waals surface area (Å²) < 4.78 is 38.5. The van der Waals surface area contributed by atoms with Gasteiger partial charge in [0.2, 0.25) is 0 Å². The van der Waals surface area contributed by atoms with Crippen LogP contribution >= 0.6 is 0 Å². The molecule has 4 atom stereocenters. The van der Waals surface area contributed by atoms with E-state index in [9.17, 15) is 9.59 Å². The van der Waals surface area contributed by atoms with Crippen molar-refractivity contribution in [1.29, 1.82) is 0 Å². The Morgan fingerprint density at radius 1 is 0.940 bits per heavy atom. The topological polar surface area (TPSA) is 136 Å². The maximum atomic E-state index is 13.4. The van der Waals surface area contributed by atoms with Crippen LogP contribution in [0.5, 0.6) is 5.75 Å². The second-order valence-corrected chi connectivity index (χ2v) is 15.7. The zero-order valence-electron chi connectivity index (χ0n) is 30.4. The van der Waals surface area contributed by atoms with E-state index in [1.165, 1.54) is 11.9 Å². The van der Waals surface area contributed by atoms with Gasteiger partial charge in [0.25, 0.3) is 0 Å². The van der Waals surface area contributed by atoms with Crippen LogP contribution in [0.2, 0.25) is 0 Å². The van der Waals surface area contributed by atoms with Crippen LogP contribution in [-0.4, -0.2) is 73.6 Å². The number of carbonyl (C=O) groups is 2. The number of hydrogen-bond donors (Lipinski definition) is 0. The molecular weight excluding hydrogens is 642 g/mol. The lowest BCUT2D eigenvalue weighted by Crippen LogP contribution is -2.44. The van der Waals surface area contributed by atoms with Gasteiger partial charge < -0.3 is 33.0 Å². The number of hydrogen-bond acceptors (Lipinski definition) is 11. The molecule has 268 valence electrons. The molecule has 3 aromatic heterocycles. The van der Waals surface area contributed by atoms with Crippen molar-refractivity contribution in [3.63, 3.8) is 0 Å². The number of anilines is 1. The molecule has 2 fully saturated rings. The molecule has 6 rings (SSSR count). The summed E-state index contributed by atoms with van der Waals surface area (Å²) in [4.78, 5) is 41.2. The van der Waals surface area contributed by atoms with Crippen molar-refractivity contribution < 1.29 is 38.0 Å². The van der Waals surface area contributed by atoms with Crippen LogP contribution in [0.25, 0.3) is 21.9 Å². The lowest BCUT2D eigenvalue weighted by atomic mass is 10.0. The second kappa shape index (κ2) is 13.1. The van der Waals surface area contributed by atoms with Gasteiger partial charge in [0.1, 0.15) is 53.8 Å². The van der Waals surface area contributed by atoms with Crippen LogP contribution in [0.3, 0.4) is 0 Å². The van der Waals surface area contributed by atoms with E-state index < -0.39 is 53.7 Å². The molecule has 4 aromatic rings. The molecule has 50 heavy (non-hydrogen) atoms. The van der Waals surface area contributed by atoms with E-state index in [4.69, 9.17) is 28.4 Å². The third-order valence-corrected chi connectivity index (χ3v) is 8.02. The lowest BCUT2D eigenvalue weighted by Gasteiger charge is -2.28.